The Kier molecular flexibility index (Phi) is 3.50. The van der Waals surface area contributed by atoms with Gasteiger partial charge in [-0.2, -0.15) is 0 Å². The number of nitrogens with one attached hydrogen (secondary N) is 1. The molecule has 4 heteroatoms. The highest BCUT2D eigenvalue weighted by Crippen LogP contribution is 2.33. The van der Waals surface area contributed by atoms with Crippen LogP contribution < -0.4 is 5.32 Å². The summed E-state index contributed by atoms with van der Waals surface area (Å²) in [7, 11) is 1.69. The van der Waals surface area contributed by atoms with Crippen LogP contribution in [0.25, 0.3) is 0 Å². The molecule has 1 N–H and O–H groups in total. The maximum Gasteiger partial charge on any atom is 0.230 e. The summed E-state index contributed by atoms with van der Waals surface area (Å²) in [5.41, 5.74) is -0.184. The number of nitrogens with zero attached hydrogens (tertiary/aromatic N) is 1. The van der Waals surface area contributed by atoms with E-state index in [1.54, 1.807) is 7.11 Å². The SMILES string of the molecule is COCCN(C(=O)C1(C)CCNC1)C1CC1. The second-order valence-electron chi connectivity index (χ2n) is 5.21. The molecule has 4 nitrogen and oxygen atoms in total. The zero-order chi connectivity index (χ0) is 11.6. The van der Waals surface area contributed by atoms with E-state index in [2.05, 4.69) is 12.2 Å². The molecule has 0 radical (unpaired) electrons. The molecule has 1 aliphatic carbocycles. The van der Waals surface area contributed by atoms with E-state index in [4.69, 9.17) is 4.74 Å². The molecule has 2 rings (SSSR count). The number of rotatable bonds is 5. The lowest BCUT2D eigenvalue weighted by Crippen LogP contribution is -2.46. The Morgan fingerprint density at radius 1 is 1.56 bits per heavy atom. The lowest BCUT2D eigenvalue weighted by Gasteiger charge is -2.31. The summed E-state index contributed by atoms with van der Waals surface area (Å²) in [5, 5.41) is 3.29. The predicted molar refractivity (Wildman–Crippen MR) is 62.2 cm³/mol. The average Bonchev–Trinajstić information content (AvgIpc) is 3.01. The highest BCUT2D eigenvalue weighted by molar-refractivity contribution is 5.83. The maximum atomic E-state index is 12.5. The lowest BCUT2D eigenvalue weighted by molar-refractivity contribution is -0.141. The highest BCUT2D eigenvalue weighted by atomic mass is 16.5. The minimum atomic E-state index is -0.184. The smallest absolute Gasteiger partial charge is 0.230 e. The molecule has 1 aliphatic heterocycles. The first-order valence-electron chi connectivity index (χ1n) is 6.18. The van der Waals surface area contributed by atoms with Gasteiger partial charge in [-0.15, -0.1) is 0 Å². The molecular weight excluding hydrogens is 204 g/mol. The van der Waals surface area contributed by atoms with Crippen LogP contribution in [0.4, 0.5) is 0 Å². The molecule has 1 saturated carbocycles. The molecule has 1 saturated heterocycles. The second kappa shape index (κ2) is 4.72. The number of carbonyl (C=O) groups is 1. The zero-order valence-corrected chi connectivity index (χ0v) is 10.3. The summed E-state index contributed by atoms with van der Waals surface area (Å²) in [4.78, 5) is 14.5. The third kappa shape index (κ3) is 2.38. The van der Waals surface area contributed by atoms with Crippen molar-refractivity contribution in [2.45, 2.75) is 32.2 Å². The van der Waals surface area contributed by atoms with Crippen molar-refractivity contribution in [2.75, 3.05) is 33.4 Å². The van der Waals surface area contributed by atoms with E-state index in [0.29, 0.717) is 18.6 Å². The van der Waals surface area contributed by atoms with Crippen molar-refractivity contribution in [3.8, 4) is 0 Å². The Hall–Kier alpha value is -0.610. The van der Waals surface area contributed by atoms with Crippen LogP contribution in [0.2, 0.25) is 0 Å². The van der Waals surface area contributed by atoms with Crippen molar-refractivity contribution in [1.82, 2.24) is 10.2 Å². The second-order valence-corrected chi connectivity index (χ2v) is 5.21. The normalized spacial score (nSPS) is 29.4. The first-order chi connectivity index (χ1) is 7.67. The molecule has 1 unspecified atom stereocenters. The van der Waals surface area contributed by atoms with Crippen LogP contribution in [0, 0.1) is 5.41 Å². The number of carbonyl (C=O) groups excluding carboxylic acids is 1. The average molecular weight is 226 g/mol. The zero-order valence-electron chi connectivity index (χ0n) is 10.3. The van der Waals surface area contributed by atoms with Gasteiger partial charge in [-0.25, -0.2) is 0 Å². The van der Waals surface area contributed by atoms with Crippen LogP contribution in [0.3, 0.4) is 0 Å². The third-order valence-electron chi connectivity index (χ3n) is 3.67. The first kappa shape index (κ1) is 11.9. The number of hydrogen-bond acceptors (Lipinski definition) is 3. The lowest BCUT2D eigenvalue weighted by atomic mass is 9.88. The minimum absolute atomic E-state index is 0.184. The quantitative estimate of drug-likeness (QED) is 0.747. The molecular formula is C12H22N2O2. The van der Waals surface area contributed by atoms with Gasteiger partial charge in [0.25, 0.3) is 0 Å². The fraction of sp³-hybridized carbons (Fsp3) is 0.917. The van der Waals surface area contributed by atoms with Gasteiger partial charge in [-0.1, -0.05) is 0 Å². The number of amides is 1. The number of ether oxygens (including phenoxy) is 1. The Morgan fingerprint density at radius 3 is 2.81 bits per heavy atom. The van der Waals surface area contributed by atoms with Crippen LogP contribution in [-0.4, -0.2) is 50.2 Å². The fourth-order valence-electron chi connectivity index (χ4n) is 2.37. The molecule has 1 amide bonds. The topological polar surface area (TPSA) is 41.6 Å². The molecule has 1 atom stereocenters. The van der Waals surface area contributed by atoms with Crippen molar-refractivity contribution >= 4 is 5.91 Å². The van der Waals surface area contributed by atoms with Gasteiger partial charge >= 0.3 is 0 Å². The van der Waals surface area contributed by atoms with Gasteiger partial charge in [0, 0.05) is 26.2 Å². The van der Waals surface area contributed by atoms with Crippen molar-refractivity contribution in [1.29, 1.82) is 0 Å². The standard InChI is InChI=1S/C12H22N2O2/c1-12(5-6-13-9-12)11(15)14(7-8-16-2)10-3-4-10/h10,13H,3-9H2,1-2H3. The monoisotopic (exact) mass is 226 g/mol. The van der Waals surface area contributed by atoms with E-state index in [-0.39, 0.29) is 5.41 Å². The van der Waals surface area contributed by atoms with Gasteiger partial charge in [-0.3, -0.25) is 4.79 Å². The predicted octanol–water partition coefficient (Wildman–Crippen LogP) is 0.623. The molecule has 0 bridgehead atoms. The first-order valence-corrected chi connectivity index (χ1v) is 6.18. The summed E-state index contributed by atoms with van der Waals surface area (Å²) in [6.07, 6.45) is 3.29. The van der Waals surface area contributed by atoms with E-state index in [1.807, 2.05) is 4.90 Å². The van der Waals surface area contributed by atoms with E-state index >= 15 is 0 Å². The van der Waals surface area contributed by atoms with Crippen LogP contribution in [-0.2, 0) is 9.53 Å². The summed E-state index contributed by atoms with van der Waals surface area (Å²) in [6, 6.07) is 0.486. The number of hydrogen-bond donors (Lipinski definition) is 1. The van der Waals surface area contributed by atoms with Gasteiger partial charge < -0.3 is 15.0 Å². The minimum Gasteiger partial charge on any atom is -0.383 e. The molecule has 92 valence electrons. The van der Waals surface area contributed by atoms with E-state index in [1.165, 1.54) is 12.8 Å². The van der Waals surface area contributed by atoms with Gasteiger partial charge in [0.15, 0.2) is 0 Å². The van der Waals surface area contributed by atoms with Crippen molar-refractivity contribution in [3.05, 3.63) is 0 Å². The van der Waals surface area contributed by atoms with Gasteiger partial charge in [0.05, 0.1) is 12.0 Å². The molecule has 16 heavy (non-hydrogen) atoms. The van der Waals surface area contributed by atoms with Crippen LogP contribution >= 0.6 is 0 Å². The molecule has 2 aliphatic rings. The van der Waals surface area contributed by atoms with Crippen molar-refractivity contribution in [3.63, 3.8) is 0 Å². The molecule has 0 aromatic rings. The van der Waals surface area contributed by atoms with Gasteiger partial charge in [-0.05, 0) is 32.7 Å². The Morgan fingerprint density at radius 2 is 2.31 bits per heavy atom. The Balaban J connectivity index is 1.98. The van der Waals surface area contributed by atoms with E-state index in [9.17, 15) is 4.79 Å². The van der Waals surface area contributed by atoms with Crippen molar-refractivity contribution < 1.29 is 9.53 Å². The summed E-state index contributed by atoms with van der Waals surface area (Å²) in [5.74, 6) is 0.317. The van der Waals surface area contributed by atoms with Crippen LogP contribution in [0.15, 0.2) is 0 Å². The molecule has 0 spiro atoms. The third-order valence-corrected chi connectivity index (χ3v) is 3.67. The van der Waals surface area contributed by atoms with E-state index < -0.39 is 0 Å². The van der Waals surface area contributed by atoms with Gasteiger partial charge in [0.1, 0.15) is 0 Å². The van der Waals surface area contributed by atoms with Crippen LogP contribution in [0.5, 0.6) is 0 Å². The number of methoxy groups -OCH3 is 1. The summed E-state index contributed by atoms with van der Waals surface area (Å²) >= 11 is 0. The summed E-state index contributed by atoms with van der Waals surface area (Å²) in [6.45, 7) is 5.26. The van der Waals surface area contributed by atoms with Crippen molar-refractivity contribution in [2.24, 2.45) is 5.41 Å². The molecule has 2 fully saturated rings. The maximum absolute atomic E-state index is 12.5. The summed E-state index contributed by atoms with van der Waals surface area (Å²) < 4.78 is 5.09. The molecule has 0 aromatic heterocycles. The Bertz CT molecular complexity index is 258. The highest BCUT2D eigenvalue weighted by Gasteiger charge is 2.43. The fourth-order valence-corrected chi connectivity index (χ4v) is 2.37. The Labute approximate surface area is 97.3 Å². The van der Waals surface area contributed by atoms with Crippen LogP contribution in [0.1, 0.15) is 26.2 Å². The molecule has 1 heterocycles. The largest absolute Gasteiger partial charge is 0.383 e. The van der Waals surface area contributed by atoms with E-state index in [0.717, 1.165) is 26.1 Å². The molecule has 0 aromatic carbocycles. The van der Waals surface area contributed by atoms with Gasteiger partial charge in [0.2, 0.25) is 5.91 Å².